The van der Waals surface area contributed by atoms with Crippen molar-refractivity contribution in [1.29, 1.82) is 0 Å². The second kappa shape index (κ2) is 4.84. The molecular formula is C13H15N3O4. The van der Waals surface area contributed by atoms with E-state index in [1.54, 1.807) is 32.9 Å². The average Bonchev–Trinajstić information content (AvgIpc) is 2.67. The molecule has 0 unspecified atom stereocenters. The van der Waals surface area contributed by atoms with Crippen molar-refractivity contribution >= 4 is 23.5 Å². The third-order valence-corrected chi connectivity index (χ3v) is 2.34. The van der Waals surface area contributed by atoms with E-state index in [2.05, 4.69) is 10.3 Å². The van der Waals surface area contributed by atoms with Crippen LogP contribution in [0.4, 0.5) is 10.6 Å². The molecule has 0 radical (unpaired) electrons. The van der Waals surface area contributed by atoms with Crippen molar-refractivity contribution in [3.63, 3.8) is 0 Å². The standard InChI is InChI=1S/C13H15N3O4/c1-13(2,3)20-12(19)15-9-7-16-8(11(17)18)5-4-6-10(16)14-9/h4-7H,1-3H3,(H,15,19)(H,17,18). The minimum Gasteiger partial charge on any atom is -0.477 e. The molecular weight excluding hydrogens is 262 g/mol. The molecule has 2 aromatic heterocycles. The van der Waals surface area contributed by atoms with Crippen molar-refractivity contribution < 1.29 is 19.4 Å². The number of pyridine rings is 1. The van der Waals surface area contributed by atoms with E-state index in [0.717, 1.165) is 0 Å². The lowest BCUT2D eigenvalue weighted by Gasteiger charge is -2.18. The van der Waals surface area contributed by atoms with Crippen LogP contribution in [-0.4, -0.2) is 32.2 Å². The molecule has 0 spiro atoms. The Balaban J connectivity index is 2.27. The van der Waals surface area contributed by atoms with E-state index in [0.29, 0.717) is 5.65 Å². The summed E-state index contributed by atoms with van der Waals surface area (Å²) in [5, 5.41) is 11.5. The van der Waals surface area contributed by atoms with Gasteiger partial charge in [0.1, 0.15) is 16.9 Å². The van der Waals surface area contributed by atoms with Gasteiger partial charge in [-0.25, -0.2) is 14.6 Å². The molecule has 0 bridgehead atoms. The number of ether oxygens (including phenoxy) is 1. The number of imidazole rings is 1. The van der Waals surface area contributed by atoms with E-state index in [-0.39, 0.29) is 11.5 Å². The molecule has 0 fully saturated rings. The molecule has 2 aromatic rings. The van der Waals surface area contributed by atoms with Gasteiger partial charge in [0.05, 0.1) is 6.20 Å². The van der Waals surface area contributed by atoms with E-state index >= 15 is 0 Å². The number of nitrogens with one attached hydrogen (secondary N) is 1. The molecule has 0 saturated carbocycles. The largest absolute Gasteiger partial charge is 0.477 e. The first-order valence-corrected chi connectivity index (χ1v) is 5.98. The number of carboxylic acid groups (broad SMARTS) is 1. The first-order valence-electron chi connectivity index (χ1n) is 5.98. The van der Waals surface area contributed by atoms with E-state index in [1.807, 2.05) is 0 Å². The van der Waals surface area contributed by atoms with Crippen molar-refractivity contribution in [2.45, 2.75) is 26.4 Å². The number of hydrogen-bond acceptors (Lipinski definition) is 4. The first-order chi connectivity index (χ1) is 9.26. The molecule has 0 atom stereocenters. The van der Waals surface area contributed by atoms with Gasteiger partial charge in [0.25, 0.3) is 0 Å². The Hall–Kier alpha value is -2.57. The summed E-state index contributed by atoms with van der Waals surface area (Å²) in [5.41, 5.74) is -0.127. The van der Waals surface area contributed by atoms with Crippen LogP contribution in [0.2, 0.25) is 0 Å². The van der Waals surface area contributed by atoms with Crippen LogP contribution in [0.1, 0.15) is 31.3 Å². The lowest BCUT2D eigenvalue weighted by atomic mass is 10.2. The fourth-order valence-electron chi connectivity index (χ4n) is 1.65. The first kappa shape index (κ1) is 13.9. The van der Waals surface area contributed by atoms with E-state index in [9.17, 15) is 9.59 Å². The average molecular weight is 277 g/mol. The molecule has 2 heterocycles. The van der Waals surface area contributed by atoms with Gasteiger partial charge in [-0.2, -0.15) is 0 Å². The number of nitrogens with zero attached hydrogens (tertiary/aromatic N) is 2. The Bertz CT molecular complexity index is 670. The second-order valence-corrected chi connectivity index (χ2v) is 5.20. The highest BCUT2D eigenvalue weighted by Crippen LogP contribution is 2.14. The zero-order valence-electron chi connectivity index (χ0n) is 11.4. The SMILES string of the molecule is CC(C)(C)OC(=O)Nc1cn2c(C(=O)O)cccc2n1. The zero-order valence-corrected chi connectivity index (χ0v) is 11.4. The number of rotatable bonds is 2. The van der Waals surface area contributed by atoms with E-state index < -0.39 is 17.7 Å². The summed E-state index contributed by atoms with van der Waals surface area (Å²) in [6.07, 6.45) is 0.792. The molecule has 7 nitrogen and oxygen atoms in total. The monoisotopic (exact) mass is 277 g/mol. The van der Waals surface area contributed by atoms with Crippen molar-refractivity contribution in [1.82, 2.24) is 9.38 Å². The summed E-state index contributed by atoms with van der Waals surface area (Å²) < 4.78 is 6.48. The number of amides is 1. The number of anilines is 1. The molecule has 1 amide bonds. The van der Waals surface area contributed by atoms with Crippen molar-refractivity contribution in [2.24, 2.45) is 0 Å². The van der Waals surface area contributed by atoms with Crippen LogP contribution in [0.3, 0.4) is 0 Å². The fraction of sp³-hybridized carbons (Fsp3) is 0.308. The maximum Gasteiger partial charge on any atom is 0.413 e. The summed E-state index contributed by atoms with van der Waals surface area (Å²) in [6, 6.07) is 4.68. The molecule has 0 aromatic carbocycles. The third kappa shape index (κ3) is 3.05. The van der Waals surface area contributed by atoms with Crippen LogP contribution >= 0.6 is 0 Å². The van der Waals surface area contributed by atoms with Crippen LogP contribution in [0.5, 0.6) is 0 Å². The number of carboxylic acids is 1. The number of carbonyl (C=O) groups is 2. The topological polar surface area (TPSA) is 92.9 Å². The maximum absolute atomic E-state index is 11.6. The second-order valence-electron chi connectivity index (χ2n) is 5.20. The number of aromatic carboxylic acids is 1. The Labute approximate surface area is 115 Å². The third-order valence-electron chi connectivity index (χ3n) is 2.34. The summed E-state index contributed by atoms with van der Waals surface area (Å²) in [4.78, 5) is 26.8. The van der Waals surface area contributed by atoms with E-state index in [1.165, 1.54) is 16.7 Å². The lowest BCUT2D eigenvalue weighted by molar-refractivity contribution is 0.0633. The van der Waals surface area contributed by atoms with Gasteiger partial charge in [-0.3, -0.25) is 9.72 Å². The predicted molar refractivity (Wildman–Crippen MR) is 72.0 cm³/mol. The van der Waals surface area contributed by atoms with Crippen LogP contribution in [-0.2, 0) is 4.74 Å². The molecule has 2 N–H and O–H groups in total. The minimum absolute atomic E-state index is 0.0623. The molecule has 0 aliphatic carbocycles. The highest BCUT2D eigenvalue weighted by molar-refractivity contribution is 5.88. The van der Waals surface area contributed by atoms with Gasteiger partial charge in [-0.05, 0) is 32.9 Å². The zero-order chi connectivity index (χ0) is 14.9. The van der Waals surface area contributed by atoms with Gasteiger partial charge >= 0.3 is 12.1 Å². The summed E-state index contributed by atoms with van der Waals surface area (Å²) in [7, 11) is 0. The highest BCUT2D eigenvalue weighted by atomic mass is 16.6. The van der Waals surface area contributed by atoms with Crippen LogP contribution in [0.25, 0.3) is 5.65 Å². The normalized spacial score (nSPS) is 11.3. The van der Waals surface area contributed by atoms with Gasteiger partial charge < -0.3 is 9.84 Å². The Morgan fingerprint density at radius 1 is 1.35 bits per heavy atom. The Morgan fingerprint density at radius 2 is 2.05 bits per heavy atom. The van der Waals surface area contributed by atoms with Crippen molar-refractivity contribution in [3.8, 4) is 0 Å². The number of aromatic nitrogens is 2. The Morgan fingerprint density at radius 3 is 2.65 bits per heavy atom. The molecule has 0 aliphatic rings. The molecule has 106 valence electrons. The van der Waals surface area contributed by atoms with Gasteiger partial charge in [0.15, 0.2) is 5.82 Å². The molecule has 0 aliphatic heterocycles. The summed E-state index contributed by atoms with van der Waals surface area (Å²) >= 11 is 0. The van der Waals surface area contributed by atoms with Gasteiger partial charge in [-0.1, -0.05) is 6.07 Å². The highest BCUT2D eigenvalue weighted by Gasteiger charge is 2.17. The lowest BCUT2D eigenvalue weighted by Crippen LogP contribution is -2.27. The summed E-state index contributed by atoms with van der Waals surface area (Å²) in [5.74, 6) is -0.843. The predicted octanol–water partition coefficient (Wildman–Crippen LogP) is 2.38. The number of hydrogen-bond donors (Lipinski definition) is 2. The maximum atomic E-state index is 11.6. The molecule has 20 heavy (non-hydrogen) atoms. The van der Waals surface area contributed by atoms with Gasteiger partial charge in [0.2, 0.25) is 0 Å². The van der Waals surface area contributed by atoms with Crippen LogP contribution in [0.15, 0.2) is 24.4 Å². The summed E-state index contributed by atoms with van der Waals surface area (Å²) in [6.45, 7) is 5.25. The fourth-order valence-corrected chi connectivity index (χ4v) is 1.65. The number of fused-ring (bicyclic) bond motifs is 1. The van der Waals surface area contributed by atoms with Crippen molar-refractivity contribution in [3.05, 3.63) is 30.1 Å². The van der Waals surface area contributed by atoms with Crippen LogP contribution < -0.4 is 5.32 Å². The van der Waals surface area contributed by atoms with Crippen LogP contribution in [0, 0.1) is 0 Å². The minimum atomic E-state index is -1.07. The molecule has 7 heteroatoms. The van der Waals surface area contributed by atoms with Gasteiger partial charge in [0, 0.05) is 0 Å². The van der Waals surface area contributed by atoms with Gasteiger partial charge in [-0.15, -0.1) is 0 Å². The van der Waals surface area contributed by atoms with E-state index in [4.69, 9.17) is 9.84 Å². The van der Waals surface area contributed by atoms with Crippen molar-refractivity contribution in [2.75, 3.05) is 5.32 Å². The Kier molecular flexibility index (Phi) is 3.35. The molecule has 0 saturated heterocycles. The smallest absolute Gasteiger partial charge is 0.413 e. The number of carbonyl (C=O) groups excluding carboxylic acids is 1. The molecule has 2 rings (SSSR count). The quantitative estimate of drug-likeness (QED) is 0.879.